The standard InChI is InChI=1S/C16H27N3S/c1-2-10-17-13-8-7-9-14-15(13)20-16(18-14)19-11-5-3-4-6-12-19/h13,17H,2-12H2,1H3. The van der Waals surface area contributed by atoms with Gasteiger partial charge in [-0.1, -0.05) is 31.1 Å². The third-order valence-corrected chi connectivity index (χ3v) is 5.73. The van der Waals surface area contributed by atoms with Crippen molar-refractivity contribution in [3.05, 3.63) is 10.6 Å². The fraction of sp³-hybridized carbons (Fsp3) is 0.812. The van der Waals surface area contributed by atoms with Gasteiger partial charge in [0.05, 0.1) is 5.69 Å². The predicted molar refractivity (Wildman–Crippen MR) is 86.8 cm³/mol. The number of rotatable bonds is 4. The van der Waals surface area contributed by atoms with Crippen molar-refractivity contribution in [1.82, 2.24) is 10.3 Å². The van der Waals surface area contributed by atoms with E-state index in [0.29, 0.717) is 6.04 Å². The molecule has 1 N–H and O–H groups in total. The molecule has 2 heterocycles. The Bertz CT molecular complexity index is 421. The first-order chi connectivity index (χ1) is 9.88. The van der Waals surface area contributed by atoms with Crippen LogP contribution in [0.5, 0.6) is 0 Å². The number of anilines is 1. The Morgan fingerprint density at radius 3 is 2.75 bits per heavy atom. The summed E-state index contributed by atoms with van der Waals surface area (Å²) in [7, 11) is 0. The van der Waals surface area contributed by atoms with Crippen molar-refractivity contribution in [2.24, 2.45) is 0 Å². The molecular formula is C16H27N3S. The van der Waals surface area contributed by atoms with Crippen molar-refractivity contribution in [2.75, 3.05) is 24.5 Å². The van der Waals surface area contributed by atoms with Gasteiger partial charge in [-0.25, -0.2) is 4.98 Å². The first-order valence-electron chi connectivity index (χ1n) is 8.36. The summed E-state index contributed by atoms with van der Waals surface area (Å²) < 4.78 is 0. The zero-order valence-corrected chi connectivity index (χ0v) is 13.5. The van der Waals surface area contributed by atoms with E-state index in [0.717, 1.165) is 6.54 Å². The van der Waals surface area contributed by atoms with Crippen LogP contribution in [0, 0.1) is 0 Å². The zero-order chi connectivity index (χ0) is 13.8. The molecule has 0 saturated carbocycles. The SMILES string of the molecule is CCCNC1CCCc2nc(N3CCCCCC3)sc21. The molecule has 112 valence electrons. The van der Waals surface area contributed by atoms with Gasteiger partial charge in [-0.3, -0.25) is 0 Å². The Morgan fingerprint density at radius 2 is 2.00 bits per heavy atom. The summed E-state index contributed by atoms with van der Waals surface area (Å²) >= 11 is 1.96. The second-order valence-corrected chi connectivity index (χ2v) is 7.12. The molecule has 0 radical (unpaired) electrons. The van der Waals surface area contributed by atoms with Gasteiger partial charge in [0.1, 0.15) is 0 Å². The molecule has 1 fully saturated rings. The summed E-state index contributed by atoms with van der Waals surface area (Å²) in [5.41, 5.74) is 1.38. The molecule has 1 aromatic heterocycles. The van der Waals surface area contributed by atoms with Gasteiger partial charge < -0.3 is 10.2 Å². The normalized spacial score (nSPS) is 23.4. The fourth-order valence-electron chi connectivity index (χ4n) is 3.32. The number of aromatic nitrogens is 1. The van der Waals surface area contributed by atoms with E-state index in [1.165, 1.54) is 80.2 Å². The molecular weight excluding hydrogens is 266 g/mol. The lowest BCUT2D eigenvalue weighted by Gasteiger charge is -2.22. The molecule has 4 heteroatoms. The van der Waals surface area contributed by atoms with Gasteiger partial charge in [0.2, 0.25) is 0 Å². The summed E-state index contributed by atoms with van der Waals surface area (Å²) in [6.45, 7) is 5.78. The van der Waals surface area contributed by atoms with E-state index >= 15 is 0 Å². The molecule has 0 aromatic carbocycles. The summed E-state index contributed by atoms with van der Waals surface area (Å²) in [6, 6.07) is 0.567. The van der Waals surface area contributed by atoms with Crippen LogP contribution < -0.4 is 10.2 Å². The third kappa shape index (κ3) is 3.17. The van der Waals surface area contributed by atoms with Crippen LogP contribution in [0.15, 0.2) is 0 Å². The third-order valence-electron chi connectivity index (χ3n) is 4.46. The summed E-state index contributed by atoms with van der Waals surface area (Å²) in [5, 5.41) is 5.00. The zero-order valence-electron chi connectivity index (χ0n) is 12.7. The van der Waals surface area contributed by atoms with E-state index in [4.69, 9.17) is 4.98 Å². The smallest absolute Gasteiger partial charge is 0.185 e. The van der Waals surface area contributed by atoms with Gasteiger partial charge in [-0.05, 0) is 45.1 Å². The number of hydrogen-bond donors (Lipinski definition) is 1. The van der Waals surface area contributed by atoms with E-state index in [1.807, 2.05) is 11.3 Å². The first-order valence-corrected chi connectivity index (χ1v) is 9.18. The molecule has 3 rings (SSSR count). The minimum absolute atomic E-state index is 0.567. The molecule has 1 atom stereocenters. The largest absolute Gasteiger partial charge is 0.348 e. The van der Waals surface area contributed by atoms with Gasteiger partial charge in [0.25, 0.3) is 0 Å². The molecule has 1 aromatic rings. The second-order valence-electron chi connectivity index (χ2n) is 6.11. The Morgan fingerprint density at radius 1 is 1.20 bits per heavy atom. The van der Waals surface area contributed by atoms with Crippen molar-refractivity contribution in [3.8, 4) is 0 Å². The highest BCUT2D eigenvalue weighted by Gasteiger charge is 2.25. The van der Waals surface area contributed by atoms with E-state index < -0.39 is 0 Å². The van der Waals surface area contributed by atoms with Crippen LogP contribution in [0.2, 0.25) is 0 Å². The number of nitrogens with one attached hydrogen (secondary N) is 1. The van der Waals surface area contributed by atoms with Gasteiger partial charge in [0, 0.05) is 24.0 Å². The molecule has 0 bridgehead atoms. The average molecular weight is 293 g/mol. The molecule has 2 aliphatic rings. The van der Waals surface area contributed by atoms with E-state index in [1.54, 1.807) is 0 Å². The van der Waals surface area contributed by atoms with Crippen molar-refractivity contribution >= 4 is 16.5 Å². The minimum Gasteiger partial charge on any atom is -0.348 e. The van der Waals surface area contributed by atoms with Crippen molar-refractivity contribution in [1.29, 1.82) is 0 Å². The molecule has 0 amide bonds. The quantitative estimate of drug-likeness (QED) is 0.912. The van der Waals surface area contributed by atoms with Crippen molar-refractivity contribution < 1.29 is 0 Å². The lowest BCUT2D eigenvalue weighted by Crippen LogP contribution is -2.24. The molecule has 1 aliphatic heterocycles. The molecule has 20 heavy (non-hydrogen) atoms. The van der Waals surface area contributed by atoms with Crippen LogP contribution in [0.3, 0.4) is 0 Å². The topological polar surface area (TPSA) is 28.2 Å². The van der Waals surface area contributed by atoms with Crippen LogP contribution in [-0.4, -0.2) is 24.6 Å². The van der Waals surface area contributed by atoms with Crippen LogP contribution >= 0.6 is 11.3 Å². The van der Waals surface area contributed by atoms with Gasteiger partial charge in [-0.2, -0.15) is 0 Å². The Hall–Kier alpha value is -0.610. The van der Waals surface area contributed by atoms with Crippen molar-refractivity contribution in [2.45, 2.75) is 64.3 Å². The van der Waals surface area contributed by atoms with Crippen molar-refractivity contribution in [3.63, 3.8) is 0 Å². The number of hydrogen-bond acceptors (Lipinski definition) is 4. The molecule has 1 saturated heterocycles. The number of nitrogens with zero attached hydrogens (tertiary/aromatic N) is 2. The highest BCUT2D eigenvalue weighted by molar-refractivity contribution is 7.15. The van der Waals surface area contributed by atoms with E-state index in [9.17, 15) is 0 Å². The Kier molecular flexibility index (Phi) is 4.94. The van der Waals surface area contributed by atoms with Crippen LogP contribution in [-0.2, 0) is 6.42 Å². The number of fused-ring (bicyclic) bond motifs is 1. The van der Waals surface area contributed by atoms with E-state index in [-0.39, 0.29) is 0 Å². The highest BCUT2D eigenvalue weighted by Crippen LogP contribution is 2.38. The van der Waals surface area contributed by atoms with Gasteiger partial charge in [0.15, 0.2) is 5.13 Å². The molecule has 3 nitrogen and oxygen atoms in total. The second kappa shape index (κ2) is 6.90. The highest BCUT2D eigenvalue weighted by atomic mass is 32.1. The minimum atomic E-state index is 0.567. The van der Waals surface area contributed by atoms with Crippen LogP contribution in [0.25, 0.3) is 0 Å². The number of thiazole rings is 1. The summed E-state index contributed by atoms with van der Waals surface area (Å²) in [4.78, 5) is 9.04. The maximum Gasteiger partial charge on any atom is 0.185 e. The molecule has 0 spiro atoms. The van der Waals surface area contributed by atoms with Crippen LogP contribution in [0.4, 0.5) is 5.13 Å². The Labute approximate surface area is 126 Å². The average Bonchev–Trinajstić information content (AvgIpc) is 2.72. The molecule has 1 unspecified atom stereocenters. The summed E-state index contributed by atoms with van der Waals surface area (Å²) in [5.74, 6) is 0. The fourth-order valence-corrected chi connectivity index (χ4v) is 4.59. The maximum atomic E-state index is 4.98. The number of aryl methyl sites for hydroxylation is 1. The lowest BCUT2D eigenvalue weighted by atomic mass is 9.98. The summed E-state index contributed by atoms with van der Waals surface area (Å²) in [6.07, 6.45) is 10.4. The predicted octanol–water partition coefficient (Wildman–Crippen LogP) is 3.90. The van der Waals surface area contributed by atoms with Gasteiger partial charge in [-0.15, -0.1) is 0 Å². The Balaban J connectivity index is 1.75. The first kappa shape index (κ1) is 14.3. The maximum absolute atomic E-state index is 4.98. The molecule has 1 aliphatic carbocycles. The van der Waals surface area contributed by atoms with Crippen LogP contribution in [0.1, 0.15) is 68.5 Å². The lowest BCUT2D eigenvalue weighted by molar-refractivity contribution is 0.464. The van der Waals surface area contributed by atoms with Gasteiger partial charge >= 0.3 is 0 Å². The monoisotopic (exact) mass is 293 g/mol. The van der Waals surface area contributed by atoms with E-state index in [2.05, 4.69) is 17.1 Å².